The maximum absolute atomic E-state index is 2.28. The van der Waals surface area contributed by atoms with E-state index in [0.29, 0.717) is 0 Å². The van der Waals surface area contributed by atoms with Gasteiger partial charge in [-0.1, -0.05) is 48.5 Å². The molecule has 2 heterocycles. The third kappa shape index (κ3) is 1.77. The molecule has 2 heteroatoms. The molecule has 0 aliphatic heterocycles. The van der Waals surface area contributed by atoms with Gasteiger partial charge in [0.15, 0.2) is 0 Å². The van der Waals surface area contributed by atoms with E-state index in [1.165, 1.54) is 22.1 Å². The van der Waals surface area contributed by atoms with Crippen LogP contribution in [-0.2, 0) is 6.54 Å². The van der Waals surface area contributed by atoms with E-state index >= 15 is 0 Å². The number of imidazole rings is 1. The van der Waals surface area contributed by atoms with Crippen LogP contribution >= 0.6 is 0 Å². The van der Waals surface area contributed by atoms with E-state index in [9.17, 15) is 0 Å². The molecule has 0 fully saturated rings. The molecule has 96 valence electrons. The number of fused-ring (bicyclic) bond motifs is 3. The predicted molar refractivity (Wildman–Crippen MR) is 80.6 cm³/mol. The number of aromatic nitrogens is 2. The lowest BCUT2D eigenvalue weighted by Crippen LogP contribution is -2.32. The fourth-order valence-corrected chi connectivity index (χ4v) is 2.74. The lowest BCUT2D eigenvalue weighted by Gasteiger charge is -2.00. The van der Waals surface area contributed by atoms with Crippen LogP contribution in [0.1, 0.15) is 5.56 Å². The first-order chi connectivity index (χ1) is 9.92. The minimum atomic E-state index is 0.898. The minimum absolute atomic E-state index is 0.898. The zero-order valence-corrected chi connectivity index (χ0v) is 11.1. The Morgan fingerprint density at radius 2 is 1.60 bits per heavy atom. The van der Waals surface area contributed by atoms with Crippen molar-refractivity contribution in [3.05, 3.63) is 84.7 Å². The van der Waals surface area contributed by atoms with Gasteiger partial charge in [-0.05, 0) is 17.7 Å². The van der Waals surface area contributed by atoms with Crippen molar-refractivity contribution in [1.82, 2.24) is 4.40 Å². The van der Waals surface area contributed by atoms with Crippen LogP contribution in [0.3, 0.4) is 0 Å². The van der Waals surface area contributed by atoms with Crippen molar-refractivity contribution in [1.29, 1.82) is 0 Å². The van der Waals surface area contributed by atoms with Crippen LogP contribution in [0, 0.1) is 0 Å². The van der Waals surface area contributed by atoms with Crippen molar-refractivity contribution in [3.63, 3.8) is 0 Å². The van der Waals surface area contributed by atoms with Gasteiger partial charge in [0.25, 0.3) is 5.65 Å². The Morgan fingerprint density at radius 3 is 2.50 bits per heavy atom. The quantitative estimate of drug-likeness (QED) is 0.487. The van der Waals surface area contributed by atoms with E-state index in [-0.39, 0.29) is 0 Å². The molecule has 20 heavy (non-hydrogen) atoms. The van der Waals surface area contributed by atoms with Gasteiger partial charge in [-0.3, -0.25) is 0 Å². The Morgan fingerprint density at radius 1 is 0.800 bits per heavy atom. The smallest absolute Gasteiger partial charge is 0.226 e. The maximum atomic E-state index is 2.28. The molecule has 2 nitrogen and oxygen atoms in total. The predicted octanol–water partition coefficient (Wildman–Crippen LogP) is 3.43. The molecule has 0 bridgehead atoms. The third-order valence-corrected chi connectivity index (χ3v) is 3.74. The van der Waals surface area contributed by atoms with Crippen molar-refractivity contribution in [2.24, 2.45) is 0 Å². The molecule has 0 atom stereocenters. The molecule has 0 saturated heterocycles. The summed E-state index contributed by atoms with van der Waals surface area (Å²) in [6.45, 7) is 0.898. The zero-order chi connectivity index (χ0) is 13.4. The van der Waals surface area contributed by atoms with E-state index in [0.717, 1.165) is 6.54 Å². The highest BCUT2D eigenvalue weighted by Gasteiger charge is 2.12. The summed E-state index contributed by atoms with van der Waals surface area (Å²) in [6.07, 6.45) is 4.29. The van der Waals surface area contributed by atoms with E-state index in [1.54, 1.807) is 0 Å². The van der Waals surface area contributed by atoms with Crippen LogP contribution in [0.25, 0.3) is 16.6 Å². The first-order valence-corrected chi connectivity index (χ1v) is 6.84. The fraction of sp³-hybridized carbons (Fsp3) is 0.0556. The van der Waals surface area contributed by atoms with Crippen LogP contribution in [-0.4, -0.2) is 4.40 Å². The lowest BCUT2D eigenvalue weighted by molar-refractivity contribution is -0.661. The van der Waals surface area contributed by atoms with Crippen molar-refractivity contribution >= 4 is 16.6 Å². The minimum Gasteiger partial charge on any atom is -0.226 e. The molecular formula is C18H15N2+. The van der Waals surface area contributed by atoms with Crippen molar-refractivity contribution < 1.29 is 4.57 Å². The summed E-state index contributed by atoms with van der Waals surface area (Å²) in [4.78, 5) is 0. The topological polar surface area (TPSA) is 8.29 Å². The Kier molecular flexibility index (Phi) is 2.52. The van der Waals surface area contributed by atoms with Crippen LogP contribution in [0.15, 0.2) is 79.1 Å². The van der Waals surface area contributed by atoms with Gasteiger partial charge in [0, 0.05) is 11.5 Å². The highest BCUT2D eigenvalue weighted by Crippen LogP contribution is 2.15. The number of para-hydroxylation sites is 1. The summed E-state index contributed by atoms with van der Waals surface area (Å²) in [7, 11) is 0. The number of benzene rings is 2. The molecule has 0 aliphatic carbocycles. The number of pyridine rings is 1. The molecule has 2 aromatic carbocycles. The van der Waals surface area contributed by atoms with Gasteiger partial charge >= 0.3 is 0 Å². The largest absolute Gasteiger partial charge is 0.286 e. The molecule has 2 aromatic heterocycles. The van der Waals surface area contributed by atoms with Crippen LogP contribution in [0.4, 0.5) is 0 Å². The Balaban J connectivity index is 1.88. The zero-order valence-electron chi connectivity index (χ0n) is 11.1. The number of nitrogens with zero attached hydrogens (tertiary/aromatic N) is 2. The number of hydrogen-bond acceptors (Lipinski definition) is 0. The standard InChI is InChI=1S/C18H15N2/c1-2-6-15(7-3-1)14-19-12-13-20-17-9-5-4-8-16(17)10-11-18(19)20/h1-13H,14H2/q+1. The molecule has 0 amide bonds. The average molecular weight is 259 g/mol. The first-order valence-electron chi connectivity index (χ1n) is 6.84. The second kappa shape index (κ2) is 4.49. The molecule has 4 aromatic rings. The summed E-state index contributed by atoms with van der Waals surface area (Å²) in [5.41, 5.74) is 3.78. The van der Waals surface area contributed by atoms with Crippen LogP contribution in [0.5, 0.6) is 0 Å². The SMILES string of the molecule is c1ccc(C[n+]2ccn3c4ccccc4ccc32)cc1. The molecule has 0 N–H and O–H groups in total. The van der Waals surface area contributed by atoms with Crippen molar-refractivity contribution in [2.45, 2.75) is 6.54 Å². The Bertz CT molecular complexity index is 876. The molecule has 4 rings (SSSR count). The molecular weight excluding hydrogens is 244 g/mol. The van der Waals surface area contributed by atoms with Gasteiger partial charge in [0.05, 0.1) is 0 Å². The van der Waals surface area contributed by atoms with Gasteiger partial charge in [0.2, 0.25) is 0 Å². The van der Waals surface area contributed by atoms with Gasteiger partial charge in [0.1, 0.15) is 24.5 Å². The normalized spacial score (nSPS) is 11.2. The Hall–Kier alpha value is -2.61. The van der Waals surface area contributed by atoms with Crippen molar-refractivity contribution in [3.8, 4) is 0 Å². The van der Waals surface area contributed by atoms with Gasteiger partial charge in [-0.15, -0.1) is 0 Å². The summed E-state index contributed by atoms with van der Waals surface area (Å²) < 4.78 is 4.53. The summed E-state index contributed by atoms with van der Waals surface area (Å²) in [5.74, 6) is 0. The highest BCUT2D eigenvalue weighted by atomic mass is 15.1. The van der Waals surface area contributed by atoms with Crippen LogP contribution in [0.2, 0.25) is 0 Å². The highest BCUT2D eigenvalue weighted by molar-refractivity contribution is 5.81. The second-order valence-electron chi connectivity index (χ2n) is 5.03. The second-order valence-corrected chi connectivity index (χ2v) is 5.03. The summed E-state index contributed by atoms with van der Waals surface area (Å²) >= 11 is 0. The van der Waals surface area contributed by atoms with E-state index in [4.69, 9.17) is 0 Å². The van der Waals surface area contributed by atoms with E-state index in [2.05, 4.69) is 88.1 Å². The van der Waals surface area contributed by atoms with Gasteiger partial charge < -0.3 is 0 Å². The first kappa shape index (κ1) is 11.2. The summed E-state index contributed by atoms with van der Waals surface area (Å²) in [5, 5.41) is 1.27. The number of hydrogen-bond donors (Lipinski definition) is 0. The average Bonchev–Trinajstić information content (AvgIpc) is 2.92. The maximum Gasteiger partial charge on any atom is 0.286 e. The van der Waals surface area contributed by atoms with E-state index < -0.39 is 0 Å². The molecule has 0 unspecified atom stereocenters. The number of rotatable bonds is 2. The monoisotopic (exact) mass is 259 g/mol. The molecule has 0 radical (unpaired) electrons. The molecule has 0 spiro atoms. The van der Waals surface area contributed by atoms with Crippen molar-refractivity contribution in [2.75, 3.05) is 0 Å². The van der Waals surface area contributed by atoms with Gasteiger partial charge in [-0.25, -0.2) is 4.57 Å². The van der Waals surface area contributed by atoms with E-state index in [1.807, 2.05) is 0 Å². The van der Waals surface area contributed by atoms with Crippen LogP contribution < -0.4 is 4.57 Å². The Labute approximate surface area is 117 Å². The fourth-order valence-electron chi connectivity index (χ4n) is 2.74. The summed E-state index contributed by atoms with van der Waals surface area (Å²) in [6, 6.07) is 23.4. The molecule has 0 saturated carbocycles. The molecule has 0 aliphatic rings. The third-order valence-electron chi connectivity index (χ3n) is 3.74. The lowest BCUT2D eigenvalue weighted by atomic mass is 10.2. The van der Waals surface area contributed by atoms with Gasteiger partial charge in [-0.2, -0.15) is 4.40 Å².